The molecule has 20 heavy (non-hydrogen) atoms. The highest BCUT2D eigenvalue weighted by Gasteiger charge is 2.25. The zero-order chi connectivity index (χ0) is 14.5. The molecule has 2 unspecified atom stereocenters. The Hall–Kier alpha value is -0.930. The predicted molar refractivity (Wildman–Crippen MR) is 89.4 cm³/mol. The van der Waals surface area contributed by atoms with Crippen LogP contribution in [0.25, 0.3) is 0 Å². The van der Waals surface area contributed by atoms with Crippen molar-refractivity contribution in [2.24, 2.45) is 5.92 Å². The van der Waals surface area contributed by atoms with Crippen LogP contribution in [0.4, 0.5) is 0 Å². The van der Waals surface area contributed by atoms with E-state index in [0.717, 1.165) is 20.6 Å². The summed E-state index contributed by atoms with van der Waals surface area (Å²) in [4.78, 5) is 13.8. The molecule has 1 nitrogen and oxygen atoms in total. The highest BCUT2D eigenvalue weighted by atomic mass is 79.9. The lowest BCUT2D eigenvalue weighted by Gasteiger charge is -2.22. The molecule has 0 aliphatic carbocycles. The third kappa shape index (κ3) is 3.80. The van der Waals surface area contributed by atoms with Crippen molar-refractivity contribution >= 4 is 33.0 Å². The summed E-state index contributed by atoms with van der Waals surface area (Å²) in [6.45, 7) is 4.32. The number of ketones is 1. The summed E-state index contributed by atoms with van der Waals surface area (Å²) in [5, 5.41) is 0. The zero-order valence-corrected chi connectivity index (χ0v) is 14.2. The van der Waals surface area contributed by atoms with E-state index in [9.17, 15) is 4.79 Å². The molecule has 2 atom stereocenters. The molecule has 0 radical (unpaired) electrons. The molecule has 2 aromatic rings. The first-order valence-electron chi connectivity index (χ1n) is 6.93. The maximum Gasteiger partial charge on any atom is 0.145 e. The first-order chi connectivity index (χ1) is 9.61. The van der Waals surface area contributed by atoms with Crippen molar-refractivity contribution in [2.45, 2.75) is 32.6 Å². The Morgan fingerprint density at radius 2 is 1.90 bits per heavy atom. The van der Waals surface area contributed by atoms with E-state index in [4.69, 9.17) is 0 Å². The molecule has 0 bridgehead atoms. The number of rotatable bonds is 6. The predicted octanol–water partition coefficient (Wildman–Crippen LogP) is 5.45. The Morgan fingerprint density at radius 1 is 1.20 bits per heavy atom. The van der Waals surface area contributed by atoms with Gasteiger partial charge in [0.2, 0.25) is 0 Å². The van der Waals surface area contributed by atoms with Crippen LogP contribution in [0.1, 0.15) is 36.6 Å². The van der Waals surface area contributed by atoms with Crippen LogP contribution in [0.2, 0.25) is 0 Å². The smallest absolute Gasteiger partial charge is 0.145 e. The van der Waals surface area contributed by atoms with Crippen molar-refractivity contribution in [1.82, 2.24) is 0 Å². The number of thiophene rings is 1. The summed E-state index contributed by atoms with van der Waals surface area (Å²) in [5.74, 6) is 0.690. The third-order valence-corrected chi connectivity index (χ3v) is 5.32. The number of carbonyl (C=O) groups is 1. The summed E-state index contributed by atoms with van der Waals surface area (Å²) in [6.07, 6.45) is 1.54. The largest absolute Gasteiger partial charge is 0.299 e. The van der Waals surface area contributed by atoms with E-state index < -0.39 is 0 Å². The monoisotopic (exact) mass is 350 g/mol. The quantitative estimate of drug-likeness (QED) is 0.676. The van der Waals surface area contributed by atoms with Crippen molar-refractivity contribution < 1.29 is 4.79 Å². The van der Waals surface area contributed by atoms with Crippen molar-refractivity contribution in [3.8, 4) is 0 Å². The van der Waals surface area contributed by atoms with Crippen LogP contribution < -0.4 is 0 Å². The highest BCUT2D eigenvalue weighted by Crippen LogP contribution is 2.31. The van der Waals surface area contributed by atoms with Gasteiger partial charge >= 0.3 is 0 Å². The molecule has 3 heteroatoms. The Labute approximate surface area is 133 Å². The fourth-order valence-electron chi connectivity index (χ4n) is 2.46. The second kappa shape index (κ2) is 7.19. The van der Waals surface area contributed by atoms with Crippen LogP contribution >= 0.6 is 27.3 Å². The fraction of sp³-hybridized carbons (Fsp3) is 0.353. The van der Waals surface area contributed by atoms with Gasteiger partial charge in [-0.05, 0) is 39.5 Å². The first-order valence-corrected chi connectivity index (χ1v) is 8.54. The summed E-state index contributed by atoms with van der Waals surface area (Å²) in [6, 6.07) is 14.2. The van der Waals surface area contributed by atoms with Gasteiger partial charge in [0.1, 0.15) is 5.78 Å². The molecule has 0 saturated heterocycles. The number of carbonyl (C=O) groups excluding carboxylic acids is 1. The van der Waals surface area contributed by atoms with E-state index in [1.165, 1.54) is 0 Å². The van der Waals surface area contributed by atoms with Gasteiger partial charge in [-0.25, -0.2) is 0 Å². The number of Topliss-reactive ketones (excluding diaryl/α,β-unsaturated/α-hetero) is 1. The lowest BCUT2D eigenvalue weighted by Crippen LogP contribution is -2.21. The Kier molecular flexibility index (Phi) is 5.55. The molecule has 0 saturated carbocycles. The van der Waals surface area contributed by atoms with Crippen molar-refractivity contribution in [3.05, 3.63) is 56.7 Å². The molecule has 0 aliphatic heterocycles. The van der Waals surface area contributed by atoms with Gasteiger partial charge in [0, 0.05) is 17.2 Å². The van der Waals surface area contributed by atoms with Gasteiger partial charge in [-0.1, -0.05) is 50.6 Å². The Balaban J connectivity index is 2.20. The van der Waals surface area contributed by atoms with Gasteiger partial charge in [0.15, 0.2) is 0 Å². The van der Waals surface area contributed by atoms with E-state index in [-0.39, 0.29) is 5.92 Å². The standard InChI is InChI=1S/C17H19BrOS/c1-3-12(2)17(13-7-5-4-6-8-13)15(19)11-14-9-10-16(18)20-14/h4-10,12,17H,3,11H2,1-2H3. The van der Waals surface area contributed by atoms with Crippen LogP contribution in [-0.4, -0.2) is 5.78 Å². The second-order valence-electron chi connectivity index (χ2n) is 5.12. The van der Waals surface area contributed by atoms with E-state index in [1.54, 1.807) is 11.3 Å². The molecule has 0 aliphatic rings. The first kappa shape index (κ1) is 15.5. The van der Waals surface area contributed by atoms with Gasteiger partial charge in [0.05, 0.1) is 3.79 Å². The van der Waals surface area contributed by atoms with Crippen LogP contribution in [-0.2, 0) is 11.2 Å². The van der Waals surface area contributed by atoms with Gasteiger partial charge in [-0.15, -0.1) is 11.3 Å². The molecule has 1 aromatic heterocycles. The van der Waals surface area contributed by atoms with Crippen LogP contribution in [0.5, 0.6) is 0 Å². The molecule has 1 heterocycles. The Bertz CT molecular complexity index is 561. The third-order valence-electron chi connectivity index (χ3n) is 3.70. The van der Waals surface area contributed by atoms with E-state index in [2.05, 4.69) is 41.9 Å². The molecule has 106 valence electrons. The molecule has 0 spiro atoms. The minimum atomic E-state index is 0.00192. The SMILES string of the molecule is CCC(C)C(C(=O)Cc1ccc(Br)s1)c1ccccc1. The lowest BCUT2D eigenvalue weighted by atomic mass is 9.81. The molecule has 2 rings (SSSR count). The van der Waals surface area contributed by atoms with Gasteiger partial charge in [-0.3, -0.25) is 4.79 Å². The second-order valence-corrected chi connectivity index (χ2v) is 7.67. The normalized spacial score (nSPS) is 13.9. The summed E-state index contributed by atoms with van der Waals surface area (Å²) in [5.41, 5.74) is 1.14. The van der Waals surface area contributed by atoms with Crippen LogP contribution in [0.15, 0.2) is 46.3 Å². The fourth-order valence-corrected chi connectivity index (χ4v) is 3.95. The van der Waals surface area contributed by atoms with Gasteiger partial charge in [0.25, 0.3) is 0 Å². The van der Waals surface area contributed by atoms with Gasteiger partial charge in [-0.2, -0.15) is 0 Å². The summed E-state index contributed by atoms with van der Waals surface area (Å²) >= 11 is 5.10. The topological polar surface area (TPSA) is 17.1 Å². The molecule has 0 amide bonds. The average molecular weight is 351 g/mol. The number of hydrogen-bond acceptors (Lipinski definition) is 2. The number of benzene rings is 1. The van der Waals surface area contributed by atoms with E-state index in [1.807, 2.05) is 30.3 Å². The molecule has 0 N–H and O–H groups in total. The van der Waals surface area contributed by atoms with Crippen LogP contribution in [0.3, 0.4) is 0 Å². The highest BCUT2D eigenvalue weighted by molar-refractivity contribution is 9.11. The van der Waals surface area contributed by atoms with Gasteiger partial charge < -0.3 is 0 Å². The van der Waals surface area contributed by atoms with Crippen LogP contribution in [0, 0.1) is 5.92 Å². The maximum atomic E-state index is 12.7. The summed E-state index contributed by atoms with van der Waals surface area (Å²) < 4.78 is 1.08. The maximum absolute atomic E-state index is 12.7. The van der Waals surface area contributed by atoms with Crippen molar-refractivity contribution in [2.75, 3.05) is 0 Å². The number of halogens is 1. The molecular weight excluding hydrogens is 332 g/mol. The number of hydrogen-bond donors (Lipinski definition) is 0. The molecule has 1 aromatic carbocycles. The molecular formula is C17H19BrOS. The molecule has 0 fully saturated rings. The summed E-state index contributed by atoms with van der Waals surface area (Å²) in [7, 11) is 0. The Morgan fingerprint density at radius 3 is 2.45 bits per heavy atom. The van der Waals surface area contributed by atoms with Crippen molar-refractivity contribution in [3.63, 3.8) is 0 Å². The van der Waals surface area contributed by atoms with E-state index >= 15 is 0 Å². The minimum Gasteiger partial charge on any atom is -0.299 e. The zero-order valence-electron chi connectivity index (χ0n) is 11.8. The van der Waals surface area contributed by atoms with E-state index in [0.29, 0.717) is 18.1 Å². The average Bonchev–Trinajstić information content (AvgIpc) is 2.85. The van der Waals surface area contributed by atoms with Crippen molar-refractivity contribution in [1.29, 1.82) is 0 Å². The lowest BCUT2D eigenvalue weighted by molar-refractivity contribution is -0.120. The minimum absolute atomic E-state index is 0.00192.